The van der Waals surface area contributed by atoms with Gasteiger partial charge in [0.15, 0.2) is 0 Å². The van der Waals surface area contributed by atoms with Crippen LogP contribution in [0.5, 0.6) is 11.5 Å². The molecule has 0 spiro atoms. The number of ether oxygens (including phenoxy) is 1. The Morgan fingerprint density at radius 3 is 2.20 bits per heavy atom. The van der Waals surface area contributed by atoms with Gasteiger partial charge in [-0.2, -0.15) is 0 Å². The molecule has 0 aliphatic rings. The molecule has 12 heteroatoms. The molecule has 0 fully saturated rings. The number of sulfonamides is 1. The molecule has 0 amide bonds. The minimum Gasteiger partial charge on any atom is -0.871 e. The molecule has 0 unspecified atom stereocenters. The second-order valence-electron chi connectivity index (χ2n) is 4.56. The summed E-state index contributed by atoms with van der Waals surface area (Å²) in [6.07, 6.45) is -4.93. The SMILES string of the molecule is O=[N+]([O-])c1ccc([O-])c(NS(=O)(=O)c2ccc(OC(F)(F)F)cc2)c1. The summed E-state index contributed by atoms with van der Waals surface area (Å²) in [5.74, 6) is -1.45. The summed E-state index contributed by atoms with van der Waals surface area (Å²) in [5.41, 5.74) is -1.07. The molecule has 2 aromatic carbocycles. The number of alkyl halides is 3. The van der Waals surface area contributed by atoms with Crippen LogP contribution in [0.15, 0.2) is 47.4 Å². The highest BCUT2D eigenvalue weighted by atomic mass is 32.2. The van der Waals surface area contributed by atoms with Crippen molar-refractivity contribution in [1.29, 1.82) is 0 Å². The molecule has 0 saturated carbocycles. The standard InChI is InChI=1S/C13H9F3N2O6S/c14-13(15,16)24-9-2-4-10(5-3-9)25(22,23)17-11-7-8(18(20)21)1-6-12(11)19/h1-7,17,19H/p-1. The molecular weight excluding hydrogens is 369 g/mol. The van der Waals surface area contributed by atoms with E-state index in [9.17, 15) is 36.8 Å². The zero-order valence-electron chi connectivity index (χ0n) is 12.0. The van der Waals surface area contributed by atoms with Gasteiger partial charge in [0.2, 0.25) is 0 Å². The van der Waals surface area contributed by atoms with Crippen LogP contribution in [-0.2, 0) is 10.0 Å². The van der Waals surface area contributed by atoms with E-state index in [-0.39, 0.29) is 0 Å². The third-order valence-corrected chi connectivity index (χ3v) is 4.17. The van der Waals surface area contributed by atoms with Gasteiger partial charge < -0.3 is 9.84 Å². The maximum atomic E-state index is 12.1. The molecule has 0 atom stereocenters. The Bertz CT molecular complexity index is 897. The highest BCUT2D eigenvalue weighted by molar-refractivity contribution is 7.92. The monoisotopic (exact) mass is 377 g/mol. The highest BCUT2D eigenvalue weighted by Crippen LogP contribution is 2.29. The summed E-state index contributed by atoms with van der Waals surface area (Å²) < 4.78 is 66.0. The molecule has 8 nitrogen and oxygen atoms in total. The molecule has 0 radical (unpaired) electrons. The Kier molecular flexibility index (Phi) is 4.74. The van der Waals surface area contributed by atoms with Crippen LogP contribution in [-0.4, -0.2) is 19.7 Å². The van der Waals surface area contributed by atoms with Gasteiger partial charge in [0.05, 0.1) is 9.82 Å². The third-order valence-electron chi connectivity index (χ3n) is 2.79. The van der Waals surface area contributed by atoms with Gasteiger partial charge in [0, 0.05) is 17.8 Å². The first-order valence-electron chi connectivity index (χ1n) is 6.32. The minimum atomic E-state index is -4.93. The van der Waals surface area contributed by atoms with Crippen LogP contribution in [0.25, 0.3) is 0 Å². The normalized spacial score (nSPS) is 11.8. The van der Waals surface area contributed by atoms with Crippen molar-refractivity contribution in [3.63, 3.8) is 0 Å². The fraction of sp³-hybridized carbons (Fsp3) is 0.0769. The lowest BCUT2D eigenvalue weighted by atomic mass is 10.2. The van der Waals surface area contributed by atoms with Crippen molar-refractivity contribution in [1.82, 2.24) is 0 Å². The summed E-state index contributed by atoms with van der Waals surface area (Å²) in [5, 5.41) is 22.3. The first kappa shape index (κ1) is 18.3. The Labute approximate surface area is 138 Å². The molecule has 0 heterocycles. The minimum absolute atomic E-state index is 0.465. The number of non-ortho nitro benzene ring substituents is 1. The topological polar surface area (TPSA) is 122 Å². The quantitative estimate of drug-likeness (QED) is 0.631. The number of anilines is 1. The lowest BCUT2D eigenvalue weighted by molar-refractivity contribution is -0.385. The zero-order valence-corrected chi connectivity index (χ0v) is 12.8. The van der Waals surface area contributed by atoms with E-state index in [1.165, 1.54) is 0 Å². The first-order valence-corrected chi connectivity index (χ1v) is 7.80. The van der Waals surface area contributed by atoms with Crippen molar-refractivity contribution in [2.75, 3.05) is 4.72 Å². The fourth-order valence-corrected chi connectivity index (χ4v) is 2.80. The van der Waals surface area contributed by atoms with Gasteiger partial charge in [-0.3, -0.25) is 14.8 Å². The van der Waals surface area contributed by atoms with E-state index in [0.717, 1.165) is 42.5 Å². The number of hydrogen-bond acceptors (Lipinski definition) is 6. The second kappa shape index (κ2) is 6.47. The number of rotatable bonds is 5. The van der Waals surface area contributed by atoms with E-state index >= 15 is 0 Å². The van der Waals surface area contributed by atoms with E-state index in [4.69, 9.17) is 0 Å². The van der Waals surface area contributed by atoms with Gasteiger partial charge >= 0.3 is 6.36 Å². The van der Waals surface area contributed by atoms with Gasteiger partial charge in [-0.1, -0.05) is 11.8 Å². The molecular formula is C13H8F3N2O6S-. The molecule has 1 N–H and O–H groups in total. The number of nitro benzene ring substituents is 1. The van der Waals surface area contributed by atoms with Crippen LogP contribution >= 0.6 is 0 Å². The van der Waals surface area contributed by atoms with Crippen molar-refractivity contribution < 1.29 is 36.4 Å². The molecule has 0 aliphatic heterocycles. The number of hydrogen-bond donors (Lipinski definition) is 1. The first-order chi connectivity index (χ1) is 11.5. The van der Waals surface area contributed by atoms with Gasteiger partial charge in [-0.25, -0.2) is 8.42 Å². The van der Waals surface area contributed by atoms with Gasteiger partial charge in [-0.15, -0.1) is 13.2 Å². The molecule has 2 rings (SSSR count). The smallest absolute Gasteiger partial charge is 0.573 e. The maximum absolute atomic E-state index is 12.1. The van der Waals surface area contributed by atoms with E-state index in [0.29, 0.717) is 0 Å². The number of benzene rings is 2. The average Bonchev–Trinajstić information content (AvgIpc) is 2.48. The van der Waals surface area contributed by atoms with Gasteiger partial charge in [0.25, 0.3) is 15.7 Å². The summed E-state index contributed by atoms with van der Waals surface area (Å²) in [7, 11) is -4.35. The number of nitro groups is 1. The van der Waals surface area contributed by atoms with E-state index in [2.05, 4.69) is 4.74 Å². The van der Waals surface area contributed by atoms with Crippen LogP contribution in [0, 0.1) is 10.1 Å². The fourth-order valence-electron chi connectivity index (χ4n) is 1.74. The Morgan fingerprint density at radius 2 is 1.68 bits per heavy atom. The van der Waals surface area contributed by atoms with E-state index in [1.807, 2.05) is 4.72 Å². The summed E-state index contributed by atoms with van der Waals surface area (Å²) in [6, 6.07) is 5.65. The maximum Gasteiger partial charge on any atom is 0.573 e. The Morgan fingerprint density at radius 1 is 1.08 bits per heavy atom. The van der Waals surface area contributed by atoms with Crippen LogP contribution in [0.3, 0.4) is 0 Å². The van der Waals surface area contributed by atoms with Crippen molar-refractivity contribution in [3.05, 3.63) is 52.6 Å². The van der Waals surface area contributed by atoms with Crippen molar-refractivity contribution >= 4 is 21.4 Å². The predicted molar refractivity (Wildman–Crippen MR) is 76.5 cm³/mol. The van der Waals surface area contributed by atoms with Gasteiger partial charge in [-0.05, 0) is 24.3 Å². The predicted octanol–water partition coefficient (Wildman–Crippen LogP) is 2.37. The van der Waals surface area contributed by atoms with Crippen molar-refractivity contribution in [2.45, 2.75) is 11.3 Å². The summed E-state index contributed by atoms with van der Waals surface area (Å²) >= 11 is 0. The summed E-state index contributed by atoms with van der Waals surface area (Å²) in [4.78, 5) is 9.39. The molecule has 134 valence electrons. The number of halogens is 3. The second-order valence-corrected chi connectivity index (χ2v) is 6.24. The molecule has 0 bridgehead atoms. The summed E-state index contributed by atoms with van der Waals surface area (Å²) in [6.45, 7) is 0. The van der Waals surface area contributed by atoms with Crippen LogP contribution in [0.4, 0.5) is 24.5 Å². The lowest BCUT2D eigenvalue weighted by Gasteiger charge is -2.15. The molecule has 2 aromatic rings. The number of nitrogens with one attached hydrogen (secondary N) is 1. The van der Waals surface area contributed by atoms with Crippen LogP contribution < -0.4 is 14.6 Å². The lowest BCUT2D eigenvalue weighted by Crippen LogP contribution is -2.17. The van der Waals surface area contributed by atoms with Crippen molar-refractivity contribution in [2.24, 2.45) is 0 Å². The van der Waals surface area contributed by atoms with Gasteiger partial charge in [0.1, 0.15) is 5.75 Å². The van der Waals surface area contributed by atoms with Crippen LogP contribution in [0.2, 0.25) is 0 Å². The zero-order chi connectivity index (χ0) is 18.8. The van der Waals surface area contributed by atoms with E-state index in [1.54, 1.807) is 0 Å². The largest absolute Gasteiger partial charge is 0.871 e. The van der Waals surface area contributed by atoms with Crippen LogP contribution in [0.1, 0.15) is 0 Å². The highest BCUT2D eigenvalue weighted by Gasteiger charge is 2.31. The molecule has 0 saturated heterocycles. The molecule has 0 aromatic heterocycles. The third kappa shape index (κ3) is 4.73. The van der Waals surface area contributed by atoms with E-state index < -0.39 is 49.1 Å². The Hall–Kier alpha value is -3.02. The number of nitrogens with zero attached hydrogens (tertiary/aromatic N) is 1. The Balaban J connectivity index is 2.28. The average molecular weight is 377 g/mol. The van der Waals surface area contributed by atoms with Crippen molar-refractivity contribution in [3.8, 4) is 11.5 Å². The molecule has 0 aliphatic carbocycles. The molecule has 25 heavy (non-hydrogen) atoms.